The molecule has 2 aliphatic heterocycles. The molecule has 2 aromatic heterocycles. The molecule has 2 aliphatic rings. The van der Waals surface area contributed by atoms with Crippen LogP contribution in [0.2, 0.25) is 0 Å². The van der Waals surface area contributed by atoms with Gasteiger partial charge >= 0.3 is 0 Å². The summed E-state index contributed by atoms with van der Waals surface area (Å²) in [4.78, 5) is 24.1. The fourth-order valence-corrected chi connectivity index (χ4v) is 4.43. The Bertz CT molecular complexity index is 863. The van der Waals surface area contributed by atoms with Crippen LogP contribution in [0, 0.1) is 6.92 Å². The lowest BCUT2D eigenvalue weighted by Gasteiger charge is -2.28. The first-order valence-corrected chi connectivity index (χ1v) is 11.4. The number of amides is 1. The van der Waals surface area contributed by atoms with Crippen molar-refractivity contribution in [1.82, 2.24) is 29.5 Å². The maximum absolute atomic E-state index is 13.0. The van der Waals surface area contributed by atoms with Crippen molar-refractivity contribution in [2.45, 2.75) is 46.1 Å². The zero-order valence-electron chi connectivity index (χ0n) is 18.4. The lowest BCUT2D eigenvalue weighted by Crippen LogP contribution is -2.43. The van der Waals surface area contributed by atoms with E-state index in [2.05, 4.69) is 32.8 Å². The van der Waals surface area contributed by atoms with E-state index in [1.165, 1.54) is 18.4 Å². The highest BCUT2D eigenvalue weighted by molar-refractivity contribution is 5.78. The second-order valence-corrected chi connectivity index (χ2v) is 8.59. The van der Waals surface area contributed by atoms with E-state index in [4.69, 9.17) is 5.10 Å². The fraction of sp³-hybridized carbons (Fsp3) is 0.609. The normalized spacial score (nSPS) is 18.3. The molecule has 0 spiro atoms. The predicted octanol–water partition coefficient (Wildman–Crippen LogP) is 2.27. The van der Waals surface area contributed by atoms with Gasteiger partial charge in [-0.1, -0.05) is 13.3 Å². The van der Waals surface area contributed by atoms with Gasteiger partial charge in [-0.25, -0.2) is 4.68 Å². The van der Waals surface area contributed by atoms with Gasteiger partial charge in [0, 0.05) is 62.8 Å². The third kappa shape index (κ3) is 5.08. The Morgan fingerprint density at radius 1 is 1.13 bits per heavy atom. The Labute approximate surface area is 179 Å². The molecule has 7 heteroatoms. The lowest BCUT2D eigenvalue weighted by atomic mass is 10.1. The number of rotatable bonds is 6. The molecule has 162 valence electrons. The van der Waals surface area contributed by atoms with Gasteiger partial charge in [-0.3, -0.25) is 14.7 Å². The second-order valence-electron chi connectivity index (χ2n) is 8.59. The second kappa shape index (κ2) is 9.71. The number of unbranched alkanes of at least 4 members (excludes halogenated alkanes) is 1. The Kier molecular flexibility index (Phi) is 6.79. The third-order valence-corrected chi connectivity index (χ3v) is 6.21. The smallest absolute Gasteiger partial charge is 0.236 e. The third-order valence-electron chi connectivity index (χ3n) is 6.21. The van der Waals surface area contributed by atoms with Gasteiger partial charge in [-0.15, -0.1) is 0 Å². The fourth-order valence-electron chi connectivity index (χ4n) is 4.43. The number of fused-ring (bicyclic) bond motifs is 1. The van der Waals surface area contributed by atoms with Crippen LogP contribution in [0.15, 0.2) is 24.5 Å². The van der Waals surface area contributed by atoms with Crippen LogP contribution in [0.3, 0.4) is 0 Å². The molecule has 4 heterocycles. The highest BCUT2D eigenvalue weighted by Gasteiger charge is 2.25. The molecule has 4 rings (SSSR count). The van der Waals surface area contributed by atoms with Gasteiger partial charge in [-0.2, -0.15) is 5.10 Å². The van der Waals surface area contributed by atoms with Crippen LogP contribution >= 0.6 is 0 Å². The molecule has 0 saturated carbocycles. The quantitative estimate of drug-likeness (QED) is 0.731. The van der Waals surface area contributed by atoms with Crippen molar-refractivity contribution in [3.8, 4) is 5.69 Å². The van der Waals surface area contributed by atoms with Crippen molar-refractivity contribution in [1.29, 1.82) is 0 Å². The van der Waals surface area contributed by atoms with Gasteiger partial charge < -0.3 is 9.80 Å². The summed E-state index contributed by atoms with van der Waals surface area (Å²) in [5, 5.41) is 4.77. The van der Waals surface area contributed by atoms with Crippen LogP contribution in [0.5, 0.6) is 0 Å². The molecule has 0 N–H and O–H groups in total. The summed E-state index contributed by atoms with van der Waals surface area (Å²) in [6.07, 6.45) is 8.38. The van der Waals surface area contributed by atoms with E-state index < -0.39 is 0 Å². The van der Waals surface area contributed by atoms with Crippen LogP contribution < -0.4 is 0 Å². The van der Waals surface area contributed by atoms with Crippen molar-refractivity contribution in [3.63, 3.8) is 0 Å². The van der Waals surface area contributed by atoms with Gasteiger partial charge in [0.15, 0.2) is 0 Å². The van der Waals surface area contributed by atoms with Crippen LogP contribution in [0.25, 0.3) is 5.69 Å². The van der Waals surface area contributed by atoms with Crippen molar-refractivity contribution < 1.29 is 4.79 Å². The topological polar surface area (TPSA) is 57.5 Å². The molecule has 0 aromatic carbocycles. The molecule has 1 saturated heterocycles. The number of aromatic nitrogens is 3. The van der Waals surface area contributed by atoms with Crippen LogP contribution in [-0.2, 0) is 17.8 Å². The molecule has 1 fully saturated rings. The Hall–Kier alpha value is -2.25. The standard InChI is InChI=1S/C23H34N6O/c1-3-4-9-26-10-5-11-28(14-13-26)23(30)18-27-12-7-22-20(16-27)17-29(25-22)21-6-8-24-19(2)15-21/h6,8,15,17H,3-5,7,9-14,16,18H2,1-2H3. The number of hydrogen-bond acceptors (Lipinski definition) is 5. The van der Waals surface area contributed by atoms with E-state index in [0.29, 0.717) is 6.54 Å². The van der Waals surface area contributed by atoms with Crippen molar-refractivity contribution in [3.05, 3.63) is 41.5 Å². The Morgan fingerprint density at radius 3 is 2.87 bits per heavy atom. The number of nitrogens with zero attached hydrogens (tertiary/aromatic N) is 6. The van der Waals surface area contributed by atoms with E-state index in [1.54, 1.807) is 0 Å². The zero-order valence-corrected chi connectivity index (χ0v) is 18.4. The van der Waals surface area contributed by atoms with E-state index in [0.717, 1.165) is 75.7 Å². The molecule has 0 unspecified atom stereocenters. The number of carbonyl (C=O) groups excluding carboxylic acids is 1. The van der Waals surface area contributed by atoms with Gasteiger partial charge in [0.1, 0.15) is 0 Å². The highest BCUT2D eigenvalue weighted by Crippen LogP contribution is 2.20. The molecule has 0 atom stereocenters. The van der Waals surface area contributed by atoms with Crippen molar-refractivity contribution >= 4 is 5.91 Å². The molecule has 30 heavy (non-hydrogen) atoms. The summed E-state index contributed by atoms with van der Waals surface area (Å²) < 4.78 is 1.95. The SMILES string of the molecule is CCCCN1CCCN(C(=O)CN2CCc3nn(-c4ccnc(C)c4)cc3C2)CC1. The Balaban J connectivity index is 1.33. The minimum Gasteiger partial charge on any atom is -0.340 e. The summed E-state index contributed by atoms with van der Waals surface area (Å²) >= 11 is 0. The Morgan fingerprint density at radius 2 is 2.03 bits per heavy atom. The first kappa shape index (κ1) is 21.0. The summed E-state index contributed by atoms with van der Waals surface area (Å²) in [5.41, 5.74) is 4.40. The molecule has 2 aromatic rings. The maximum Gasteiger partial charge on any atom is 0.236 e. The van der Waals surface area contributed by atoms with Gasteiger partial charge in [0.05, 0.1) is 17.9 Å². The average Bonchev–Trinajstić information content (AvgIpc) is 3.02. The van der Waals surface area contributed by atoms with E-state index >= 15 is 0 Å². The largest absolute Gasteiger partial charge is 0.340 e. The number of carbonyl (C=O) groups is 1. The molecule has 0 bridgehead atoms. The molecular formula is C23H34N6O. The molecular weight excluding hydrogens is 376 g/mol. The first-order chi connectivity index (χ1) is 14.6. The summed E-state index contributed by atoms with van der Waals surface area (Å²) in [5.74, 6) is 0.271. The van der Waals surface area contributed by atoms with Gasteiger partial charge in [-0.05, 0) is 45.0 Å². The molecule has 0 aliphatic carbocycles. The summed E-state index contributed by atoms with van der Waals surface area (Å²) in [6, 6.07) is 4.03. The highest BCUT2D eigenvalue weighted by atomic mass is 16.2. The number of pyridine rings is 1. The summed E-state index contributed by atoms with van der Waals surface area (Å²) in [7, 11) is 0. The van der Waals surface area contributed by atoms with E-state index in [9.17, 15) is 4.79 Å². The summed E-state index contributed by atoms with van der Waals surface area (Å²) in [6.45, 7) is 11.5. The van der Waals surface area contributed by atoms with Gasteiger partial charge in [0.25, 0.3) is 0 Å². The maximum atomic E-state index is 13.0. The lowest BCUT2D eigenvalue weighted by molar-refractivity contribution is -0.132. The number of aryl methyl sites for hydroxylation is 1. The van der Waals surface area contributed by atoms with E-state index in [-0.39, 0.29) is 5.91 Å². The van der Waals surface area contributed by atoms with Crippen molar-refractivity contribution in [2.24, 2.45) is 0 Å². The first-order valence-electron chi connectivity index (χ1n) is 11.4. The van der Waals surface area contributed by atoms with E-state index in [1.807, 2.05) is 29.9 Å². The van der Waals surface area contributed by atoms with Crippen LogP contribution in [0.1, 0.15) is 43.1 Å². The minimum absolute atomic E-state index is 0.271. The predicted molar refractivity (Wildman–Crippen MR) is 118 cm³/mol. The zero-order chi connectivity index (χ0) is 20.9. The minimum atomic E-state index is 0.271. The molecule has 7 nitrogen and oxygen atoms in total. The monoisotopic (exact) mass is 410 g/mol. The van der Waals surface area contributed by atoms with Crippen LogP contribution in [-0.4, -0.2) is 81.2 Å². The molecule has 0 radical (unpaired) electrons. The van der Waals surface area contributed by atoms with Crippen molar-refractivity contribution in [2.75, 3.05) is 45.8 Å². The molecule has 1 amide bonds. The van der Waals surface area contributed by atoms with Gasteiger partial charge in [0.2, 0.25) is 5.91 Å². The average molecular weight is 411 g/mol. The van der Waals surface area contributed by atoms with Crippen LogP contribution in [0.4, 0.5) is 0 Å². The number of hydrogen-bond donors (Lipinski definition) is 0.